The zero-order valence-corrected chi connectivity index (χ0v) is 19.3. The third kappa shape index (κ3) is 4.79. The van der Waals surface area contributed by atoms with Crippen LogP contribution < -0.4 is 10.6 Å². The zero-order valence-electron chi connectivity index (χ0n) is 18.5. The minimum absolute atomic E-state index is 0.140. The number of rotatable bonds is 7. The highest BCUT2D eigenvalue weighted by atomic mass is 32.2. The Hall–Kier alpha value is -3.72. The van der Waals surface area contributed by atoms with Crippen molar-refractivity contribution < 1.29 is 9.59 Å². The molecule has 2 N–H and O–H groups in total. The van der Waals surface area contributed by atoms with E-state index in [0.717, 1.165) is 36.8 Å². The van der Waals surface area contributed by atoms with E-state index in [9.17, 15) is 9.59 Å². The number of carbonyl (C=O) groups is 2. The van der Waals surface area contributed by atoms with Gasteiger partial charge in [0, 0.05) is 6.04 Å². The standard InChI is InChI=1S/C25H24N6O2S/c32-22(30-21-13-7-6-12-19(21)24(33)29-17-8-4-5-9-17)15-34-25-20-14-28-31(23(20)26-16-27-25)18-10-2-1-3-11-18/h1-3,6-7,10-14,16-17H,4-5,8-9,15H2,(H,29,33)(H,30,32). The van der Waals surface area contributed by atoms with Gasteiger partial charge in [-0.05, 0) is 37.1 Å². The van der Waals surface area contributed by atoms with Gasteiger partial charge in [-0.3, -0.25) is 9.59 Å². The van der Waals surface area contributed by atoms with Crippen LogP contribution in [0.15, 0.2) is 72.1 Å². The summed E-state index contributed by atoms with van der Waals surface area (Å²) in [6.07, 6.45) is 7.48. The van der Waals surface area contributed by atoms with Crippen LogP contribution in [0.3, 0.4) is 0 Å². The third-order valence-corrected chi connectivity index (χ3v) is 6.81. The molecule has 34 heavy (non-hydrogen) atoms. The molecule has 8 nitrogen and oxygen atoms in total. The van der Waals surface area contributed by atoms with Gasteiger partial charge in [-0.1, -0.05) is 54.9 Å². The second-order valence-electron chi connectivity index (χ2n) is 8.15. The normalized spacial score (nSPS) is 13.8. The van der Waals surface area contributed by atoms with E-state index in [1.54, 1.807) is 35.1 Å². The van der Waals surface area contributed by atoms with E-state index >= 15 is 0 Å². The number of nitrogens with one attached hydrogen (secondary N) is 2. The topological polar surface area (TPSA) is 102 Å². The first kappa shape index (κ1) is 22.1. The molecule has 0 spiro atoms. The van der Waals surface area contributed by atoms with Crippen LogP contribution in [0.25, 0.3) is 16.7 Å². The second-order valence-corrected chi connectivity index (χ2v) is 9.11. The molecule has 4 aromatic rings. The van der Waals surface area contributed by atoms with E-state index in [1.807, 2.05) is 30.3 Å². The molecule has 5 rings (SSSR count). The van der Waals surface area contributed by atoms with Gasteiger partial charge in [0.1, 0.15) is 11.4 Å². The van der Waals surface area contributed by atoms with Gasteiger partial charge in [0.25, 0.3) is 5.91 Å². The number of carbonyl (C=O) groups excluding carboxylic acids is 2. The number of benzene rings is 2. The number of aromatic nitrogens is 4. The van der Waals surface area contributed by atoms with Crippen molar-refractivity contribution in [2.45, 2.75) is 36.8 Å². The molecule has 172 valence electrons. The van der Waals surface area contributed by atoms with Gasteiger partial charge >= 0.3 is 0 Å². The number of nitrogens with zero attached hydrogens (tertiary/aromatic N) is 4. The molecule has 0 atom stereocenters. The summed E-state index contributed by atoms with van der Waals surface area (Å²) < 4.78 is 1.75. The lowest BCUT2D eigenvalue weighted by Gasteiger charge is -2.15. The number of anilines is 1. The van der Waals surface area contributed by atoms with E-state index < -0.39 is 0 Å². The van der Waals surface area contributed by atoms with Crippen LogP contribution >= 0.6 is 11.8 Å². The fraction of sp³-hybridized carbons (Fsp3) is 0.240. The van der Waals surface area contributed by atoms with E-state index in [1.165, 1.54) is 18.1 Å². The average Bonchev–Trinajstić information content (AvgIpc) is 3.54. The Bertz CT molecular complexity index is 1320. The van der Waals surface area contributed by atoms with Crippen LogP contribution in [-0.4, -0.2) is 43.4 Å². The fourth-order valence-electron chi connectivity index (χ4n) is 4.14. The molecule has 0 saturated heterocycles. The van der Waals surface area contributed by atoms with Crippen molar-refractivity contribution in [1.29, 1.82) is 0 Å². The van der Waals surface area contributed by atoms with Crippen LogP contribution in [0.2, 0.25) is 0 Å². The summed E-state index contributed by atoms with van der Waals surface area (Å²) in [5.41, 5.74) is 2.56. The Kier molecular flexibility index (Phi) is 6.53. The van der Waals surface area contributed by atoms with Gasteiger partial charge in [0.2, 0.25) is 5.91 Å². The van der Waals surface area contributed by atoms with Gasteiger partial charge in [-0.15, -0.1) is 0 Å². The Balaban J connectivity index is 1.27. The summed E-state index contributed by atoms with van der Waals surface area (Å²) in [6.45, 7) is 0. The van der Waals surface area contributed by atoms with Crippen LogP contribution in [-0.2, 0) is 4.79 Å². The molecule has 9 heteroatoms. The third-order valence-electron chi connectivity index (χ3n) is 5.81. The molecule has 2 amide bonds. The Morgan fingerprint density at radius 1 is 1.00 bits per heavy atom. The first-order chi connectivity index (χ1) is 16.7. The molecule has 2 aromatic carbocycles. The summed E-state index contributed by atoms with van der Waals surface area (Å²) in [5, 5.41) is 11.9. The predicted molar refractivity (Wildman–Crippen MR) is 132 cm³/mol. The van der Waals surface area contributed by atoms with Gasteiger partial charge in [-0.2, -0.15) is 5.10 Å². The zero-order chi connectivity index (χ0) is 23.3. The maximum atomic E-state index is 12.8. The highest BCUT2D eigenvalue weighted by Gasteiger charge is 2.20. The number of hydrogen-bond donors (Lipinski definition) is 2. The maximum Gasteiger partial charge on any atom is 0.253 e. The van der Waals surface area contributed by atoms with E-state index in [4.69, 9.17) is 0 Å². The molecule has 1 aliphatic carbocycles. The highest BCUT2D eigenvalue weighted by Crippen LogP contribution is 2.26. The highest BCUT2D eigenvalue weighted by molar-refractivity contribution is 8.00. The van der Waals surface area contributed by atoms with Crippen molar-refractivity contribution in [1.82, 2.24) is 25.1 Å². The van der Waals surface area contributed by atoms with Crippen LogP contribution in [0, 0.1) is 0 Å². The lowest BCUT2D eigenvalue weighted by molar-refractivity contribution is -0.113. The number of hydrogen-bond acceptors (Lipinski definition) is 6. The first-order valence-electron chi connectivity index (χ1n) is 11.3. The minimum Gasteiger partial charge on any atom is -0.349 e. The van der Waals surface area contributed by atoms with Crippen LogP contribution in [0.1, 0.15) is 36.0 Å². The first-order valence-corrected chi connectivity index (χ1v) is 12.2. The summed E-state index contributed by atoms with van der Waals surface area (Å²) in [5.74, 6) is -0.226. The molecular weight excluding hydrogens is 448 g/mol. The minimum atomic E-state index is -0.215. The maximum absolute atomic E-state index is 12.8. The number of amides is 2. The van der Waals surface area contributed by atoms with E-state index in [0.29, 0.717) is 21.9 Å². The SMILES string of the molecule is O=C(CSc1ncnc2c1cnn2-c1ccccc1)Nc1ccccc1C(=O)NC1CCCC1. The second kappa shape index (κ2) is 10.0. The van der Waals surface area contributed by atoms with Crippen molar-refractivity contribution >= 4 is 40.3 Å². The number of thioether (sulfide) groups is 1. The number of para-hydroxylation sites is 2. The Morgan fingerprint density at radius 2 is 1.76 bits per heavy atom. The smallest absolute Gasteiger partial charge is 0.253 e. The van der Waals surface area contributed by atoms with Crippen LogP contribution in [0.5, 0.6) is 0 Å². The van der Waals surface area contributed by atoms with Gasteiger partial charge < -0.3 is 10.6 Å². The number of fused-ring (bicyclic) bond motifs is 1. The lowest BCUT2D eigenvalue weighted by Crippen LogP contribution is -2.33. The molecule has 0 aliphatic heterocycles. The summed E-state index contributed by atoms with van der Waals surface area (Å²) in [4.78, 5) is 34.2. The Morgan fingerprint density at radius 3 is 2.59 bits per heavy atom. The van der Waals surface area contributed by atoms with E-state index in [2.05, 4.69) is 25.7 Å². The molecule has 2 aromatic heterocycles. The largest absolute Gasteiger partial charge is 0.349 e. The molecular formula is C25H24N6O2S. The van der Waals surface area contributed by atoms with Gasteiger partial charge in [-0.25, -0.2) is 14.6 Å². The van der Waals surface area contributed by atoms with Crippen molar-refractivity contribution in [2.75, 3.05) is 11.1 Å². The van der Waals surface area contributed by atoms with Gasteiger partial charge in [0.05, 0.1) is 34.3 Å². The predicted octanol–water partition coefficient (Wildman–Crippen LogP) is 4.22. The fourth-order valence-corrected chi connectivity index (χ4v) is 4.90. The summed E-state index contributed by atoms with van der Waals surface area (Å²) in [7, 11) is 0. The average molecular weight is 473 g/mol. The molecule has 1 fully saturated rings. The summed E-state index contributed by atoms with van der Waals surface area (Å²) >= 11 is 1.31. The van der Waals surface area contributed by atoms with Crippen molar-refractivity contribution in [3.05, 3.63) is 72.7 Å². The van der Waals surface area contributed by atoms with E-state index in [-0.39, 0.29) is 23.6 Å². The Labute approximate surface area is 201 Å². The van der Waals surface area contributed by atoms with Crippen molar-refractivity contribution in [3.63, 3.8) is 0 Å². The van der Waals surface area contributed by atoms with Crippen molar-refractivity contribution in [3.8, 4) is 5.69 Å². The van der Waals surface area contributed by atoms with Gasteiger partial charge in [0.15, 0.2) is 5.65 Å². The monoisotopic (exact) mass is 472 g/mol. The molecule has 1 saturated carbocycles. The summed E-state index contributed by atoms with van der Waals surface area (Å²) in [6, 6.07) is 17.0. The van der Waals surface area contributed by atoms with Crippen molar-refractivity contribution in [2.24, 2.45) is 0 Å². The van der Waals surface area contributed by atoms with Crippen LogP contribution in [0.4, 0.5) is 5.69 Å². The molecule has 1 aliphatic rings. The molecule has 0 bridgehead atoms. The molecule has 0 unspecified atom stereocenters. The lowest BCUT2D eigenvalue weighted by atomic mass is 10.1. The molecule has 2 heterocycles. The molecule has 0 radical (unpaired) electrons. The quantitative estimate of drug-likeness (QED) is 0.308.